The first-order valence-corrected chi connectivity index (χ1v) is 8.60. The molecular weight excluding hydrogens is 373 g/mol. The maximum Gasteiger partial charge on any atom is 0.244 e. The van der Waals surface area contributed by atoms with Gasteiger partial charge in [-0.3, -0.25) is 0 Å². The maximum absolute atomic E-state index is 6.14. The van der Waals surface area contributed by atoms with Crippen LogP contribution in [0.1, 0.15) is 11.1 Å². The third-order valence-corrected chi connectivity index (χ3v) is 4.33. The number of halogens is 2. The molecule has 0 radical (unpaired) electrons. The van der Waals surface area contributed by atoms with Crippen LogP contribution in [0.15, 0.2) is 42.6 Å². The molecule has 0 fully saturated rings. The lowest BCUT2D eigenvalue weighted by atomic mass is 10.2. The van der Waals surface area contributed by atoms with Gasteiger partial charge in [0.2, 0.25) is 5.95 Å². The number of aromatic nitrogens is 3. The Morgan fingerprint density at radius 1 is 1.12 bits per heavy atom. The molecular formula is C18H17Cl2N5O. The van der Waals surface area contributed by atoms with Crippen molar-refractivity contribution in [2.24, 2.45) is 0 Å². The lowest BCUT2D eigenvalue weighted by molar-refractivity contribution is 0.416. The van der Waals surface area contributed by atoms with Gasteiger partial charge in [-0.1, -0.05) is 35.3 Å². The summed E-state index contributed by atoms with van der Waals surface area (Å²) in [6, 6.07) is 11.2. The molecule has 8 heteroatoms. The van der Waals surface area contributed by atoms with Gasteiger partial charge >= 0.3 is 0 Å². The fraction of sp³-hybridized carbons (Fsp3) is 0.167. The van der Waals surface area contributed by atoms with E-state index in [9.17, 15) is 0 Å². The fourth-order valence-corrected chi connectivity index (χ4v) is 2.57. The van der Waals surface area contributed by atoms with E-state index in [1.54, 1.807) is 13.2 Å². The van der Waals surface area contributed by atoms with Crippen LogP contribution in [0.3, 0.4) is 0 Å². The zero-order valence-electron chi connectivity index (χ0n) is 14.3. The lowest BCUT2D eigenvalue weighted by Gasteiger charge is -2.13. The summed E-state index contributed by atoms with van der Waals surface area (Å²) in [4.78, 5) is 4.42. The maximum atomic E-state index is 6.14. The molecule has 3 aromatic rings. The topological polar surface area (TPSA) is 72.0 Å². The Kier molecular flexibility index (Phi) is 5.75. The van der Waals surface area contributed by atoms with Crippen LogP contribution in [0, 0.1) is 6.92 Å². The van der Waals surface area contributed by atoms with Crippen LogP contribution < -0.4 is 15.4 Å². The van der Waals surface area contributed by atoms with Gasteiger partial charge < -0.3 is 15.4 Å². The summed E-state index contributed by atoms with van der Waals surface area (Å²) >= 11 is 12.0. The molecule has 3 rings (SSSR count). The standard InChI is InChI=1S/C18H17Cl2N5O/c1-11-7-15(16(26-2)8-14(11)20)23-17-10-22-25-18(24-17)21-9-12-3-5-13(19)6-4-12/h3-8,10H,9H2,1-2H3,(H2,21,23,24,25). The van der Waals surface area contributed by atoms with E-state index in [4.69, 9.17) is 27.9 Å². The van der Waals surface area contributed by atoms with E-state index in [2.05, 4.69) is 25.8 Å². The van der Waals surface area contributed by atoms with Crippen molar-refractivity contribution >= 4 is 40.7 Å². The van der Waals surface area contributed by atoms with E-state index in [0.717, 1.165) is 16.8 Å². The number of benzene rings is 2. The summed E-state index contributed by atoms with van der Waals surface area (Å²) in [5.41, 5.74) is 2.74. The predicted molar refractivity (Wildman–Crippen MR) is 105 cm³/mol. The van der Waals surface area contributed by atoms with Crippen molar-refractivity contribution in [3.05, 3.63) is 63.8 Å². The number of nitrogens with zero attached hydrogens (tertiary/aromatic N) is 3. The second kappa shape index (κ2) is 8.21. The van der Waals surface area contributed by atoms with Gasteiger partial charge in [-0.15, -0.1) is 5.10 Å². The number of rotatable bonds is 6. The highest BCUT2D eigenvalue weighted by Gasteiger charge is 2.09. The molecule has 2 aromatic carbocycles. The quantitative estimate of drug-likeness (QED) is 0.627. The van der Waals surface area contributed by atoms with Crippen molar-refractivity contribution in [1.82, 2.24) is 15.2 Å². The Morgan fingerprint density at radius 3 is 2.62 bits per heavy atom. The van der Waals surface area contributed by atoms with Crippen LogP contribution in [0.5, 0.6) is 5.75 Å². The number of hydrogen-bond acceptors (Lipinski definition) is 6. The molecule has 0 saturated heterocycles. The SMILES string of the molecule is COc1cc(Cl)c(C)cc1Nc1cnnc(NCc2ccc(Cl)cc2)n1. The van der Waals surface area contributed by atoms with Gasteiger partial charge in [-0.2, -0.15) is 10.1 Å². The fourth-order valence-electron chi connectivity index (χ4n) is 2.29. The zero-order valence-corrected chi connectivity index (χ0v) is 15.8. The highest BCUT2D eigenvalue weighted by Crippen LogP contribution is 2.32. The van der Waals surface area contributed by atoms with Crippen molar-refractivity contribution in [2.75, 3.05) is 17.7 Å². The molecule has 1 aromatic heterocycles. The number of nitrogens with one attached hydrogen (secondary N) is 2. The molecule has 0 bridgehead atoms. The van der Waals surface area contributed by atoms with Crippen LogP contribution in [0.25, 0.3) is 0 Å². The molecule has 0 aliphatic heterocycles. The van der Waals surface area contributed by atoms with Crippen LogP contribution in [0.4, 0.5) is 17.5 Å². The van der Waals surface area contributed by atoms with Crippen LogP contribution >= 0.6 is 23.2 Å². The van der Waals surface area contributed by atoms with Gasteiger partial charge in [0, 0.05) is 22.7 Å². The van der Waals surface area contributed by atoms with Gasteiger partial charge in [0.15, 0.2) is 5.82 Å². The first kappa shape index (κ1) is 18.2. The summed E-state index contributed by atoms with van der Waals surface area (Å²) in [6.07, 6.45) is 1.54. The third kappa shape index (κ3) is 4.53. The van der Waals surface area contributed by atoms with E-state index in [0.29, 0.717) is 34.1 Å². The number of methoxy groups -OCH3 is 1. The van der Waals surface area contributed by atoms with Gasteiger partial charge in [-0.25, -0.2) is 0 Å². The minimum Gasteiger partial charge on any atom is -0.495 e. The molecule has 0 saturated carbocycles. The van der Waals surface area contributed by atoms with Crippen molar-refractivity contribution in [3.8, 4) is 5.75 Å². The lowest BCUT2D eigenvalue weighted by Crippen LogP contribution is -2.06. The summed E-state index contributed by atoms with van der Waals surface area (Å²) < 4.78 is 5.36. The van der Waals surface area contributed by atoms with Crippen LogP contribution in [-0.4, -0.2) is 22.3 Å². The highest BCUT2D eigenvalue weighted by molar-refractivity contribution is 6.31. The molecule has 6 nitrogen and oxygen atoms in total. The number of hydrogen-bond donors (Lipinski definition) is 2. The number of anilines is 3. The van der Waals surface area contributed by atoms with E-state index in [1.807, 2.05) is 37.3 Å². The van der Waals surface area contributed by atoms with Gasteiger partial charge in [0.25, 0.3) is 0 Å². The van der Waals surface area contributed by atoms with Crippen molar-refractivity contribution in [3.63, 3.8) is 0 Å². The Balaban J connectivity index is 1.73. The molecule has 0 aliphatic rings. The molecule has 2 N–H and O–H groups in total. The summed E-state index contributed by atoms with van der Waals surface area (Å²) in [6.45, 7) is 2.48. The Hall–Kier alpha value is -2.57. The average molecular weight is 390 g/mol. The first-order valence-electron chi connectivity index (χ1n) is 7.84. The predicted octanol–water partition coefficient (Wildman–Crippen LogP) is 4.85. The molecule has 0 unspecified atom stereocenters. The molecule has 26 heavy (non-hydrogen) atoms. The van der Waals surface area contributed by atoms with E-state index in [1.165, 1.54) is 6.20 Å². The number of aryl methyl sites for hydroxylation is 1. The molecule has 0 aliphatic carbocycles. The molecule has 0 amide bonds. The third-order valence-electron chi connectivity index (χ3n) is 3.67. The van der Waals surface area contributed by atoms with E-state index < -0.39 is 0 Å². The van der Waals surface area contributed by atoms with Crippen molar-refractivity contribution < 1.29 is 4.74 Å². The molecule has 134 valence electrons. The summed E-state index contributed by atoms with van der Waals surface area (Å²) in [7, 11) is 1.59. The first-order chi connectivity index (χ1) is 12.5. The Labute approximate surface area is 161 Å². The average Bonchev–Trinajstić information content (AvgIpc) is 2.64. The minimum absolute atomic E-state index is 0.412. The van der Waals surface area contributed by atoms with Crippen LogP contribution in [-0.2, 0) is 6.54 Å². The van der Waals surface area contributed by atoms with Crippen LogP contribution in [0.2, 0.25) is 10.0 Å². The van der Waals surface area contributed by atoms with E-state index in [-0.39, 0.29) is 0 Å². The molecule has 0 spiro atoms. The van der Waals surface area contributed by atoms with Crippen molar-refractivity contribution in [2.45, 2.75) is 13.5 Å². The van der Waals surface area contributed by atoms with E-state index >= 15 is 0 Å². The minimum atomic E-state index is 0.412. The monoisotopic (exact) mass is 389 g/mol. The van der Waals surface area contributed by atoms with Gasteiger partial charge in [-0.05, 0) is 36.2 Å². The number of ether oxygens (including phenoxy) is 1. The molecule has 1 heterocycles. The normalized spacial score (nSPS) is 10.5. The largest absolute Gasteiger partial charge is 0.495 e. The summed E-state index contributed by atoms with van der Waals surface area (Å²) in [5.74, 6) is 1.57. The second-order valence-electron chi connectivity index (χ2n) is 5.57. The van der Waals surface area contributed by atoms with Gasteiger partial charge in [0.1, 0.15) is 5.75 Å². The highest BCUT2D eigenvalue weighted by atomic mass is 35.5. The Bertz CT molecular complexity index is 903. The van der Waals surface area contributed by atoms with Gasteiger partial charge in [0.05, 0.1) is 19.0 Å². The second-order valence-corrected chi connectivity index (χ2v) is 6.42. The summed E-state index contributed by atoms with van der Waals surface area (Å²) in [5, 5.41) is 15.6. The van der Waals surface area contributed by atoms with Crippen molar-refractivity contribution in [1.29, 1.82) is 0 Å². The Morgan fingerprint density at radius 2 is 1.88 bits per heavy atom. The zero-order chi connectivity index (χ0) is 18.5. The smallest absolute Gasteiger partial charge is 0.244 e. The molecule has 0 atom stereocenters.